The molecule has 2 heterocycles. The molecule has 0 atom stereocenters. The fourth-order valence-electron chi connectivity index (χ4n) is 4.97. The largest absolute Gasteiger partial charge is 0.400 e. The number of anilines is 1. The zero-order valence-corrected chi connectivity index (χ0v) is 26.6. The minimum atomic E-state index is -0.490. The highest BCUT2D eigenvalue weighted by molar-refractivity contribution is 6.33. The van der Waals surface area contributed by atoms with Gasteiger partial charge in [0.25, 0.3) is 5.91 Å². The summed E-state index contributed by atoms with van der Waals surface area (Å²) >= 11 is 12.8. The van der Waals surface area contributed by atoms with Crippen LogP contribution in [0.4, 0.5) is 5.82 Å². The molecule has 0 spiro atoms. The second-order valence-corrected chi connectivity index (χ2v) is 11.0. The molecule has 1 fully saturated rings. The first-order valence-electron chi connectivity index (χ1n) is 14.3. The van der Waals surface area contributed by atoms with E-state index < -0.39 is 5.91 Å². The van der Waals surface area contributed by atoms with Crippen LogP contribution in [0.2, 0.25) is 10.0 Å². The van der Waals surface area contributed by atoms with Crippen LogP contribution in [0.1, 0.15) is 21.6 Å². The molecule has 2 amide bonds. The first kappa shape index (κ1) is 33.8. The number of halogens is 2. The maximum Gasteiger partial charge on any atom is 0.274 e. The average molecular weight is 653 g/mol. The first-order chi connectivity index (χ1) is 21.9. The fraction of sp³-hybridized carbons (Fsp3) is 0.273. The van der Waals surface area contributed by atoms with E-state index in [1.54, 1.807) is 47.0 Å². The summed E-state index contributed by atoms with van der Waals surface area (Å²) in [7, 11) is 2.52. The number of amides is 2. The summed E-state index contributed by atoms with van der Waals surface area (Å²) in [6.07, 6.45) is 1.30. The van der Waals surface area contributed by atoms with Gasteiger partial charge < -0.3 is 19.5 Å². The number of benzene rings is 3. The Morgan fingerprint density at radius 2 is 1.60 bits per heavy atom. The predicted octanol–water partition coefficient (Wildman–Crippen LogP) is 4.72. The zero-order valence-electron chi connectivity index (χ0n) is 25.1. The number of aliphatic hydroxyl groups is 1. The molecule has 0 radical (unpaired) electrons. The number of ether oxygens (including phenoxy) is 1. The average Bonchev–Trinajstić information content (AvgIpc) is 3.46. The molecule has 10 nitrogen and oxygen atoms in total. The number of nitrogens with zero attached hydrogens (tertiary/aromatic N) is 5. The molecule has 4 aromatic rings. The van der Waals surface area contributed by atoms with Crippen molar-refractivity contribution < 1.29 is 24.2 Å². The van der Waals surface area contributed by atoms with E-state index in [-0.39, 0.29) is 24.6 Å². The van der Waals surface area contributed by atoms with Gasteiger partial charge in [-0.1, -0.05) is 59.6 Å². The Kier molecular flexibility index (Phi) is 12.3. The van der Waals surface area contributed by atoms with E-state index in [2.05, 4.69) is 4.90 Å². The van der Waals surface area contributed by atoms with Gasteiger partial charge in [0.15, 0.2) is 11.5 Å². The molecule has 5 rings (SSSR count). The van der Waals surface area contributed by atoms with E-state index in [0.717, 1.165) is 51.1 Å². The number of carbonyl (C=O) groups is 3. The number of hydrogen-bond acceptors (Lipinski definition) is 7. The highest BCUT2D eigenvalue weighted by Crippen LogP contribution is 2.36. The van der Waals surface area contributed by atoms with Gasteiger partial charge >= 0.3 is 0 Å². The van der Waals surface area contributed by atoms with Crippen LogP contribution in [0.5, 0.6) is 0 Å². The lowest BCUT2D eigenvalue weighted by atomic mass is 10.1. The third-order valence-electron chi connectivity index (χ3n) is 7.24. The van der Waals surface area contributed by atoms with Crippen LogP contribution in [-0.4, -0.2) is 90.1 Å². The van der Waals surface area contributed by atoms with E-state index in [0.29, 0.717) is 39.8 Å². The topological polar surface area (TPSA) is 108 Å². The van der Waals surface area contributed by atoms with Crippen molar-refractivity contribution in [2.75, 3.05) is 51.9 Å². The molecule has 45 heavy (non-hydrogen) atoms. The van der Waals surface area contributed by atoms with Crippen LogP contribution in [-0.2, 0) is 27.4 Å². The summed E-state index contributed by atoms with van der Waals surface area (Å²) < 4.78 is 7.09. The summed E-state index contributed by atoms with van der Waals surface area (Å²) in [5.74, 6) is 0.00839. The van der Waals surface area contributed by atoms with Crippen LogP contribution < -0.4 is 4.90 Å². The number of likely N-dealkylation sites (N-methyl/N-ethyl adjacent to an activating group) is 1. The van der Waals surface area contributed by atoms with Crippen LogP contribution in [0.25, 0.3) is 17.1 Å². The van der Waals surface area contributed by atoms with E-state index in [4.69, 9.17) is 38.0 Å². The Labute approximate surface area is 272 Å². The number of aldehydes is 1. The van der Waals surface area contributed by atoms with Gasteiger partial charge in [0, 0.05) is 50.1 Å². The third kappa shape index (κ3) is 8.16. The Morgan fingerprint density at radius 1 is 0.956 bits per heavy atom. The van der Waals surface area contributed by atoms with Crippen molar-refractivity contribution >= 4 is 47.6 Å². The van der Waals surface area contributed by atoms with Gasteiger partial charge in [-0.15, -0.1) is 0 Å². The molecule has 236 valence electrons. The van der Waals surface area contributed by atoms with Gasteiger partial charge in [0.2, 0.25) is 6.41 Å². The molecule has 3 aromatic carbocycles. The number of imidazole rings is 1. The lowest BCUT2D eigenvalue weighted by Gasteiger charge is -2.26. The molecule has 1 aliphatic rings. The molecule has 0 saturated carbocycles. The Hall–Kier alpha value is -4.06. The summed E-state index contributed by atoms with van der Waals surface area (Å²) in [5.41, 5.74) is 3.27. The summed E-state index contributed by atoms with van der Waals surface area (Å²) in [6.45, 7) is 4.08. The first-order valence-corrected chi connectivity index (χ1v) is 15.0. The maximum atomic E-state index is 13.9. The van der Waals surface area contributed by atoms with Crippen molar-refractivity contribution in [2.45, 2.75) is 13.1 Å². The maximum absolute atomic E-state index is 13.9. The zero-order chi connectivity index (χ0) is 32.3. The van der Waals surface area contributed by atoms with Crippen LogP contribution in [0.3, 0.4) is 0 Å². The molecular weight excluding hydrogens is 617 g/mol. The van der Waals surface area contributed by atoms with Crippen LogP contribution in [0.15, 0.2) is 72.8 Å². The van der Waals surface area contributed by atoms with Crippen molar-refractivity contribution in [3.63, 3.8) is 0 Å². The predicted molar refractivity (Wildman–Crippen MR) is 175 cm³/mol. The highest BCUT2D eigenvalue weighted by atomic mass is 35.5. The fourth-order valence-corrected chi connectivity index (χ4v) is 5.31. The van der Waals surface area contributed by atoms with Gasteiger partial charge in [0.1, 0.15) is 12.1 Å². The molecule has 0 bridgehead atoms. The molecule has 0 aliphatic carbocycles. The molecule has 1 aromatic heterocycles. The summed E-state index contributed by atoms with van der Waals surface area (Å²) in [6, 6.07) is 22.1. The lowest BCUT2D eigenvalue weighted by Crippen LogP contribution is -2.35. The Morgan fingerprint density at radius 3 is 2.22 bits per heavy atom. The molecule has 0 unspecified atom stereocenters. The van der Waals surface area contributed by atoms with Crippen molar-refractivity contribution in [3.05, 3.63) is 99.7 Å². The number of aliphatic hydroxyl groups excluding tert-OH is 1. The third-order valence-corrected chi connectivity index (χ3v) is 7.82. The minimum absolute atomic E-state index is 0.109. The lowest BCUT2D eigenvalue weighted by molar-refractivity contribution is -0.108. The quantitative estimate of drug-likeness (QED) is 0.234. The molecule has 12 heteroatoms. The smallest absolute Gasteiger partial charge is 0.274 e. The SMILES string of the molecule is CN(CC=O)C(=O)c1c(N(C=O)Cc2ccc(CN3CCOCC3)cc2)nc(-c2ccccc2Cl)n1-c1ccc(Cl)cc1.CO. The van der Waals surface area contributed by atoms with Gasteiger partial charge in [-0.05, 0) is 47.5 Å². The van der Waals surface area contributed by atoms with Crippen molar-refractivity contribution in [1.82, 2.24) is 19.4 Å². The Bertz CT molecular complexity index is 1590. The van der Waals surface area contributed by atoms with Crippen molar-refractivity contribution in [2.24, 2.45) is 0 Å². The van der Waals surface area contributed by atoms with Gasteiger partial charge in [-0.3, -0.25) is 24.0 Å². The molecule has 1 N–H and O–H groups in total. The second-order valence-electron chi connectivity index (χ2n) is 10.2. The number of carbonyl (C=O) groups excluding carboxylic acids is 3. The van der Waals surface area contributed by atoms with Crippen molar-refractivity contribution in [3.8, 4) is 17.1 Å². The van der Waals surface area contributed by atoms with Crippen LogP contribution >= 0.6 is 23.2 Å². The number of rotatable bonds is 11. The number of aromatic nitrogens is 2. The number of morpholine rings is 1. The number of hydrogen-bond donors (Lipinski definition) is 1. The summed E-state index contributed by atoms with van der Waals surface area (Å²) in [4.78, 5) is 47.8. The van der Waals surface area contributed by atoms with E-state index in [1.807, 2.05) is 30.3 Å². The van der Waals surface area contributed by atoms with E-state index >= 15 is 0 Å². The van der Waals surface area contributed by atoms with Crippen molar-refractivity contribution in [1.29, 1.82) is 0 Å². The Balaban J connectivity index is 0.00000226. The highest BCUT2D eigenvalue weighted by Gasteiger charge is 2.31. The summed E-state index contributed by atoms with van der Waals surface area (Å²) in [5, 5.41) is 7.93. The van der Waals surface area contributed by atoms with Gasteiger partial charge in [-0.2, -0.15) is 0 Å². The monoisotopic (exact) mass is 651 g/mol. The van der Waals surface area contributed by atoms with Gasteiger partial charge in [-0.25, -0.2) is 4.98 Å². The normalized spacial score (nSPS) is 13.0. The van der Waals surface area contributed by atoms with Gasteiger partial charge in [0.05, 0.1) is 31.3 Å². The minimum Gasteiger partial charge on any atom is -0.400 e. The molecule has 1 saturated heterocycles. The molecule has 1 aliphatic heterocycles. The second kappa shape index (κ2) is 16.3. The van der Waals surface area contributed by atoms with E-state index in [1.165, 1.54) is 16.8 Å². The molecular formula is C33H35Cl2N5O5. The van der Waals surface area contributed by atoms with Crippen LogP contribution in [0, 0.1) is 0 Å². The van der Waals surface area contributed by atoms with E-state index in [9.17, 15) is 14.4 Å². The standard InChI is InChI=1S/C32H31Cl2N5O4.CH4O/c1-36(14-17-40)32(42)29-31(38(22-41)21-24-8-6-23(7-9-24)20-37-15-18-43-19-16-37)35-30(27-4-2-3-5-28(27)34)39(29)26-12-10-25(33)11-13-26;1-2/h2-13,17,22H,14-16,18-21H2,1H3;2H,1H3.